The number of aromatic nitrogens is 2. The second-order valence-electron chi connectivity index (χ2n) is 6.16. The van der Waals surface area contributed by atoms with Crippen molar-refractivity contribution < 1.29 is 13.2 Å². The van der Waals surface area contributed by atoms with E-state index in [-0.39, 0.29) is 19.4 Å². The summed E-state index contributed by atoms with van der Waals surface area (Å²) >= 11 is 1.43. The molecule has 1 fully saturated rings. The minimum absolute atomic E-state index is 0.147. The van der Waals surface area contributed by atoms with Gasteiger partial charge in [0.2, 0.25) is 0 Å². The van der Waals surface area contributed by atoms with Crippen LogP contribution in [0.1, 0.15) is 38.3 Å². The summed E-state index contributed by atoms with van der Waals surface area (Å²) in [6.07, 6.45) is -1.09. The number of pyridine rings is 1. The van der Waals surface area contributed by atoms with Crippen LogP contribution in [0.2, 0.25) is 0 Å². The first kappa shape index (κ1) is 17.4. The van der Waals surface area contributed by atoms with E-state index in [9.17, 15) is 13.2 Å². The molecule has 3 rings (SSSR count). The van der Waals surface area contributed by atoms with Crippen molar-refractivity contribution in [1.29, 1.82) is 0 Å². The zero-order chi connectivity index (χ0) is 17.2. The third-order valence-corrected chi connectivity index (χ3v) is 5.52. The SMILES string of the molecule is CCCC1(C(F)(F)F)CCCN1Cc1csc(-c2ccccn2)n1. The smallest absolute Gasteiger partial charge is 0.284 e. The van der Waals surface area contributed by atoms with Crippen LogP contribution in [0.3, 0.4) is 0 Å². The average Bonchev–Trinajstić information content (AvgIpc) is 3.17. The van der Waals surface area contributed by atoms with Gasteiger partial charge in [0.15, 0.2) is 0 Å². The second-order valence-corrected chi connectivity index (χ2v) is 7.02. The zero-order valence-electron chi connectivity index (χ0n) is 13.5. The minimum atomic E-state index is -4.21. The van der Waals surface area contributed by atoms with Crippen molar-refractivity contribution in [3.05, 3.63) is 35.5 Å². The van der Waals surface area contributed by atoms with Gasteiger partial charge >= 0.3 is 6.18 Å². The van der Waals surface area contributed by atoms with Crippen molar-refractivity contribution >= 4 is 11.3 Å². The highest BCUT2D eigenvalue weighted by atomic mass is 32.1. The van der Waals surface area contributed by atoms with Crippen LogP contribution >= 0.6 is 11.3 Å². The van der Waals surface area contributed by atoms with Crippen LogP contribution in [0.15, 0.2) is 29.8 Å². The quantitative estimate of drug-likeness (QED) is 0.764. The molecule has 24 heavy (non-hydrogen) atoms. The number of rotatable bonds is 5. The molecule has 0 bridgehead atoms. The van der Waals surface area contributed by atoms with Crippen molar-refractivity contribution in [2.45, 2.75) is 50.9 Å². The number of hydrogen-bond acceptors (Lipinski definition) is 4. The molecule has 0 saturated carbocycles. The van der Waals surface area contributed by atoms with Gasteiger partial charge in [0, 0.05) is 18.1 Å². The molecule has 130 valence electrons. The van der Waals surface area contributed by atoms with Crippen LogP contribution in [0.25, 0.3) is 10.7 Å². The zero-order valence-corrected chi connectivity index (χ0v) is 14.3. The summed E-state index contributed by atoms with van der Waals surface area (Å²) < 4.78 is 41.3. The first-order valence-corrected chi connectivity index (χ1v) is 9.02. The van der Waals surface area contributed by atoms with Gasteiger partial charge in [0.1, 0.15) is 10.5 Å². The van der Waals surface area contributed by atoms with E-state index in [1.54, 1.807) is 11.1 Å². The lowest BCUT2D eigenvalue weighted by Gasteiger charge is -2.39. The molecule has 1 aliphatic rings. The Bertz CT molecular complexity index is 671. The van der Waals surface area contributed by atoms with E-state index < -0.39 is 11.7 Å². The standard InChI is InChI=1S/C17H20F3N3S/c1-2-7-16(17(18,19)20)8-5-10-23(16)11-13-12-24-15(22-13)14-6-3-4-9-21-14/h3-4,6,9,12H,2,5,7-8,10-11H2,1H3. The molecule has 1 saturated heterocycles. The van der Waals surface area contributed by atoms with Crippen molar-refractivity contribution in [2.75, 3.05) is 6.54 Å². The Balaban J connectivity index is 1.81. The molecule has 3 nitrogen and oxygen atoms in total. The molecule has 0 aromatic carbocycles. The fraction of sp³-hybridized carbons (Fsp3) is 0.529. The molecule has 2 aromatic heterocycles. The number of likely N-dealkylation sites (tertiary alicyclic amines) is 1. The van der Waals surface area contributed by atoms with Gasteiger partial charge in [-0.25, -0.2) is 4.98 Å². The van der Waals surface area contributed by atoms with Crippen LogP contribution in [0.4, 0.5) is 13.2 Å². The number of halogens is 3. The summed E-state index contributed by atoms with van der Waals surface area (Å²) in [5.41, 5.74) is -0.255. The lowest BCUT2D eigenvalue weighted by Crippen LogP contribution is -2.54. The summed E-state index contributed by atoms with van der Waals surface area (Å²) in [4.78, 5) is 10.3. The molecule has 7 heteroatoms. The molecule has 3 heterocycles. The van der Waals surface area contributed by atoms with Crippen LogP contribution in [-0.2, 0) is 6.54 Å². The van der Waals surface area contributed by atoms with Gasteiger partial charge in [-0.3, -0.25) is 9.88 Å². The van der Waals surface area contributed by atoms with Gasteiger partial charge in [-0.2, -0.15) is 13.2 Å². The maximum Gasteiger partial charge on any atom is 0.406 e. The molecule has 0 N–H and O–H groups in total. The highest BCUT2D eigenvalue weighted by Gasteiger charge is 2.59. The largest absolute Gasteiger partial charge is 0.406 e. The van der Waals surface area contributed by atoms with E-state index in [4.69, 9.17) is 0 Å². The van der Waals surface area contributed by atoms with Crippen molar-refractivity contribution in [1.82, 2.24) is 14.9 Å². The summed E-state index contributed by atoms with van der Waals surface area (Å²) in [5, 5.41) is 2.59. The first-order valence-electron chi connectivity index (χ1n) is 8.14. The predicted molar refractivity (Wildman–Crippen MR) is 88.7 cm³/mol. The van der Waals surface area contributed by atoms with Crippen molar-refractivity contribution in [3.8, 4) is 10.7 Å². The Morgan fingerprint density at radius 1 is 1.33 bits per heavy atom. The summed E-state index contributed by atoms with van der Waals surface area (Å²) in [6, 6.07) is 5.56. The maximum atomic E-state index is 13.8. The predicted octanol–water partition coefficient (Wildman–Crippen LogP) is 4.90. The normalized spacial score (nSPS) is 22.2. The van der Waals surface area contributed by atoms with Crippen LogP contribution in [0.5, 0.6) is 0 Å². The van der Waals surface area contributed by atoms with Gasteiger partial charge in [0.25, 0.3) is 0 Å². The summed E-state index contributed by atoms with van der Waals surface area (Å²) in [6.45, 7) is 2.52. The van der Waals surface area contributed by atoms with E-state index in [0.717, 1.165) is 10.7 Å². The van der Waals surface area contributed by atoms with E-state index in [1.807, 2.05) is 30.5 Å². The molecule has 0 radical (unpaired) electrons. The summed E-state index contributed by atoms with van der Waals surface area (Å²) in [7, 11) is 0. The molecular weight excluding hydrogens is 335 g/mol. The Morgan fingerprint density at radius 3 is 2.83 bits per heavy atom. The van der Waals surface area contributed by atoms with Gasteiger partial charge in [-0.1, -0.05) is 19.4 Å². The lowest BCUT2D eigenvalue weighted by atomic mass is 9.89. The van der Waals surface area contributed by atoms with Crippen molar-refractivity contribution in [3.63, 3.8) is 0 Å². The second kappa shape index (κ2) is 6.80. The third-order valence-electron chi connectivity index (χ3n) is 4.60. The number of hydrogen-bond donors (Lipinski definition) is 0. The molecule has 0 spiro atoms. The Labute approximate surface area is 143 Å². The van der Waals surface area contributed by atoms with Gasteiger partial charge in [-0.05, 0) is 37.9 Å². The topological polar surface area (TPSA) is 29.0 Å². The highest BCUT2D eigenvalue weighted by molar-refractivity contribution is 7.13. The molecule has 1 aliphatic heterocycles. The Morgan fingerprint density at radius 2 is 2.17 bits per heavy atom. The van der Waals surface area contributed by atoms with Crippen LogP contribution in [-0.4, -0.2) is 33.1 Å². The molecule has 1 unspecified atom stereocenters. The maximum absolute atomic E-state index is 13.8. The van der Waals surface area contributed by atoms with Gasteiger partial charge in [-0.15, -0.1) is 11.3 Å². The third kappa shape index (κ3) is 3.19. The lowest BCUT2D eigenvalue weighted by molar-refractivity contribution is -0.227. The molecule has 1 atom stereocenters. The molecule has 0 aliphatic carbocycles. The number of nitrogens with zero attached hydrogens (tertiary/aromatic N) is 3. The van der Waals surface area contributed by atoms with E-state index in [1.165, 1.54) is 11.3 Å². The molecule has 2 aromatic rings. The summed E-state index contributed by atoms with van der Waals surface area (Å²) in [5.74, 6) is 0. The van der Waals surface area contributed by atoms with Crippen LogP contribution < -0.4 is 0 Å². The van der Waals surface area contributed by atoms with Crippen LogP contribution in [0, 0.1) is 0 Å². The fourth-order valence-electron chi connectivity index (χ4n) is 3.51. The number of alkyl halides is 3. The van der Waals surface area contributed by atoms with Gasteiger partial charge in [0.05, 0.1) is 11.4 Å². The Hall–Kier alpha value is -1.47. The monoisotopic (exact) mass is 355 g/mol. The van der Waals surface area contributed by atoms with E-state index in [2.05, 4.69) is 9.97 Å². The highest BCUT2D eigenvalue weighted by Crippen LogP contribution is 2.46. The number of thiazole rings is 1. The molecule has 0 amide bonds. The first-order chi connectivity index (χ1) is 11.5. The minimum Gasteiger partial charge on any atom is -0.284 e. The molecular formula is C17H20F3N3S. The van der Waals surface area contributed by atoms with Crippen molar-refractivity contribution in [2.24, 2.45) is 0 Å². The van der Waals surface area contributed by atoms with E-state index >= 15 is 0 Å². The average molecular weight is 355 g/mol. The fourth-order valence-corrected chi connectivity index (χ4v) is 4.29. The Kier molecular flexibility index (Phi) is 4.92. The van der Waals surface area contributed by atoms with Gasteiger partial charge < -0.3 is 0 Å². The van der Waals surface area contributed by atoms with E-state index in [0.29, 0.717) is 25.1 Å².